The molecule has 0 fully saturated rings. The molecule has 64 heavy (non-hydrogen) atoms. The molecule has 0 unspecified atom stereocenters. The smallest absolute Gasteiger partial charge is 0.311 e. The molecule has 5 aromatic carbocycles. The van der Waals surface area contributed by atoms with Gasteiger partial charge in [0, 0.05) is 43.3 Å². The number of fused-ring (bicyclic) bond motifs is 8. The van der Waals surface area contributed by atoms with Gasteiger partial charge >= 0.3 is 6.18 Å². The van der Waals surface area contributed by atoms with Gasteiger partial charge in [0.2, 0.25) is 0 Å². The molecule has 2 aliphatic carbocycles. The van der Waals surface area contributed by atoms with Gasteiger partial charge in [-0.05, 0) is 151 Å². The van der Waals surface area contributed by atoms with Gasteiger partial charge in [0.1, 0.15) is 0 Å². The zero-order valence-electron chi connectivity index (χ0n) is 40.4. The molecule has 332 valence electrons. The van der Waals surface area contributed by atoms with Crippen molar-refractivity contribution >= 4 is 78.0 Å². The topological polar surface area (TPSA) is 6.48 Å². The Morgan fingerprint density at radius 1 is 0.500 bits per heavy atom. The second kappa shape index (κ2) is 13.6. The molecule has 4 aliphatic rings. The first-order valence-electron chi connectivity index (χ1n) is 23.5. The van der Waals surface area contributed by atoms with Crippen LogP contribution in [0.5, 0.6) is 0 Å². The van der Waals surface area contributed by atoms with Crippen molar-refractivity contribution in [2.75, 3.05) is 9.80 Å². The lowest BCUT2D eigenvalue weighted by Gasteiger charge is -2.47. The summed E-state index contributed by atoms with van der Waals surface area (Å²) in [6.45, 7) is 31.8. The number of nitrogens with zero attached hydrogens (tertiary/aromatic N) is 2. The van der Waals surface area contributed by atoms with Crippen molar-refractivity contribution in [1.29, 1.82) is 0 Å². The first-order chi connectivity index (χ1) is 29.6. The molecule has 2 nitrogen and oxygen atoms in total. The molecule has 0 saturated heterocycles. The summed E-state index contributed by atoms with van der Waals surface area (Å²) < 4.78 is 49.6. The summed E-state index contributed by atoms with van der Waals surface area (Å²) in [5.74, 6) is 0. The number of thiophene rings is 1. The zero-order valence-corrected chi connectivity index (χ0v) is 41.2. The van der Waals surface area contributed by atoms with E-state index in [1.54, 1.807) is 0 Å². The van der Waals surface area contributed by atoms with Crippen molar-refractivity contribution in [2.24, 2.45) is 0 Å². The van der Waals surface area contributed by atoms with Crippen molar-refractivity contribution in [3.05, 3.63) is 124 Å². The Hall–Kier alpha value is -4.49. The normalized spacial score (nSPS) is 19.2. The average molecular weight is 877 g/mol. The fourth-order valence-corrected chi connectivity index (χ4v) is 12.9. The van der Waals surface area contributed by atoms with Crippen LogP contribution in [0.25, 0.3) is 10.1 Å². The minimum Gasteiger partial charge on any atom is -0.311 e. The van der Waals surface area contributed by atoms with E-state index in [0.29, 0.717) is 11.4 Å². The van der Waals surface area contributed by atoms with Gasteiger partial charge in [-0.15, -0.1) is 11.3 Å². The van der Waals surface area contributed by atoms with E-state index in [0.717, 1.165) is 64.0 Å². The van der Waals surface area contributed by atoms with E-state index < -0.39 is 11.7 Å². The van der Waals surface area contributed by atoms with Gasteiger partial charge in [-0.2, -0.15) is 13.2 Å². The number of halogens is 3. The van der Waals surface area contributed by atoms with Crippen LogP contribution in [0.2, 0.25) is 0 Å². The fourth-order valence-electron chi connectivity index (χ4n) is 11.5. The van der Waals surface area contributed by atoms with Crippen molar-refractivity contribution < 1.29 is 13.2 Å². The van der Waals surface area contributed by atoms with E-state index in [-0.39, 0.29) is 39.2 Å². The van der Waals surface area contributed by atoms with Crippen LogP contribution in [0.4, 0.5) is 47.3 Å². The first kappa shape index (κ1) is 43.4. The van der Waals surface area contributed by atoms with Crippen molar-refractivity contribution in [2.45, 2.75) is 161 Å². The quantitative estimate of drug-likeness (QED) is 0.160. The lowest BCUT2D eigenvalue weighted by molar-refractivity contribution is -0.137. The molecule has 7 heteroatoms. The van der Waals surface area contributed by atoms with E-state index in [2.05, 4.69) is 180 Å². The van der Waals surface area contributed by atoms with Gasteiger partial charge in [-0.25, -0.2) is 0 Å². The molecule has 3 heterocycles. The summed E-state index contributed by atoms with van der Waals surface area (Å²) in [4.78, 5) is 4.40. The Kier molecular flexibility index (Phi) is 9.19. The Bertz CT molecular complexity index is 2910. The van der Waals surface area contributed by atoms with Crippen molar-refractivity contribution in [3.8, 4) is 0 Å². The van der Waals surface area contributed by atoms with Gasteiger partial charge in [-0.3, -0.25) is 0 Å². The van der Waals surface area contributed by atoms with Gasteiger partial charge in [0.25, 0.3) is 6.71 Å². The largest absolute Gasteiger partial charge is 0.416 e. The summed E-state index contributed by atoms with van der Waals surface area (Å²) in [5.41, 5.74) is 13.6. The van der Waals surface area contributed by atoms with Gasteiger partial charge in [0.15, 0.2) is 0 Å². The molecule has 0 bridgehead atoms. The second-order valence-electron chi connectivity index (χ2n) is 24.3. The van der Waals surface area contributed by atoms with Crippen LogP contribution in [-0.2, 0) is 38.7 Å². The summed E-state index contributed by atoms with van der Waals surface area (Å²) in [6, 6.07) is 29.9. The lowest BCUT2D eigenvalue weighted by atomic mass is 9.35. The molecule has 0 radical (unpaired) electrons. The molecule has 0 N–H and O–H groups in total. The Morgan fingerprint density at radius 2 is 1.00 bits per heavy atom. The third kappa shape index (κ3) is 6.55. The van der Waals surface area contributed by atoms with Crippen LogP contribution in [0.1, 0.15) is 162 Å². The minimum absolute atomic E-state index is 0.00813. The molecule has 10 rings (SSSR count). The van der Waals surface area contributed by atoms with Crippen LogP contribution in [0.3, 0.4) is 0 Å². The van der Waals surface area contributed by atoms with E-state index in [9.17, 15) is 0 Å². The molecule has 0 amide bonds. The molecule has 6 aromatic rings. The standard InChI is InChI=1S/C57H64BF3N2S/c1-51(2,3)33-15-18-36(19-16-33)63-46-28-35(57(59,60)61)27-45-48(46)58(50-49(63)38-21-17-34(52(4,5)6)29-47(38)64-50)43-31-41-42(56(13,14)26-25-55(41,11)12)32-44(43)62(45)37-20-22-39-40(30-37)54(9,10)24-23-53(39,7)8/h15-22,27-32H,23-26H2,1-14H3. The highest BCUT2D eigenvalue weighted by molar-refractivity contribution is 7.33. The number of hydrogen-bond donors (Lipinski definition) is 0. The Morgan fingerprint density at radius 3 is 1.56 bits per heavy atom. The number of rotatable bonds is 2. The van der Waals surface area contributed by atoms with Crippen LogP contribution >= 0.6 is 11.3 Å². The highest BCUT2D eigenvalue weighted by Crippen LogP contribution is 2.54. The Balaban J connectivity index is 1.36. The number of hydrogen-bond acceptors (Lipinski definition) is 3. The molecule has 0 atom stereocenters. The fraction of sp³-hybridized carbons (Fsp3) is 0.439. The maximum Gasteiger partial charge on any atom is 0.416 e. The molecule has 0 saturated carbocycles. The van der Waals surface area contributed by atoms with E-state index >= 15 is 13.2 Å². The summed E-state index contributed by atoms with van der Waals surface area (Å²) in [7, 11) is 0. The molecule has 1 aromatic heterocycles. The van der Waals surface area contributed by atoms with Crippen LogP contribution < -0.4 is 25.5 Å². The maximum atomic E-state index is 15.8. The highest BCUT2D eigenvalue weighted by Gasteiger charge is 2.50. The van der Waals surface area contributed by atoms with Crippen LogP contribution in [0, 0.1) is 0 Å². The highest BCUT2D eigenvalue weighted by atomic mass is 32.1. The average Bonchev–Trinajstić information content (AvgIpc) is 3.58. The number of alkyl halides is 3. The molecule has 0 spiro atoms. The first-order valence-corrected chi connectivity index (χ1v) is 24.3. The van der Waals surface area contributed by atoms with E-state index in [4.69, 9.17) is 0 Å². The maximum absolute atomic E-state index is 15.8. The van der Waals surface area contributed by atoms with Crippen LogP contribution in [0.15, 0.2) is 84.9 Å². The third-order valence-electron chi connectivity index (χ3n) is 15.9. The number of benzene rings is 5. The third-order valence-corrected chi connectivity index (χ3v) is 17.1. The predicted octanol–water partition coefficient (Wildman–Crippen LogP) is 15.3. The van der Waals surface area contributed by atoms with Crippen LogP contribution in [-0.4, -0.2) is 6.71 Å². The van der Waals surface area contributed by atoms with Gasteiger partial charge < -0.3 is 9.80 Å². The van der Waals surface area contributed by atoms with E-state index in [1.165, 1.54) is 55.8 Å². The van der Waals surface area contributed by atoms with Gasteiger partial charge in [0.05, 0.1) is 11.3 Å². The second-order valence-corrected chi connectivity index (χ2v) is 25.4. The minimum atomic E-state index is -4.59. The summed E-state index contributed by atoms with van der Waals surface area (Å²) in [5, 5.41) is 1.07. The zero-order chi connectivity index (χ0) is 46.1. The monoisotopic (exact) mass is 876 g/mol. The summed E-state index contributed by atoms with van der Waals surface area (Å²) >= 11 is 1.82. The SMILES string of the molecule is CC(C)(C)c1ccc(N2c3cc(C(F)(F)F)cc4c3B(c3cc5c(cc3N4c3ccc4c(c3)C(C)(C)CCC4(C)C)C(C)(C)CCC5(C)C)c3sc4cc(C(C)(C)C)ccc4c32)cc1. The number of anilines is 6. The molecular weight excluding hydrogens is 813 g/mol. The van der Waals surface area contributed by atoms with Crippen molar-refractivity contribution in [1.82, 2.24) is 0 Å². The summed E-state index contributed by atoms with van der Waals surface area (Å²) in [6.07, 6.45) is -0.360. The van der Waals surface area contributed by atoms with E-state index in [1.807, 2.05) is 11.3 Å². The van der Waals surface area contributed by atoms with Gasteiger partial charge in [-0.1, -0.05) is 133 Å². The molecular formula is C57H64BF3N2S. The predicted molar refractivity (Wildman–Crippen MR) is 269 cm³/mol. The lowest BCUT2D eigenvalue weighted by Crippen LogP contribution is -2.61. The molecule has 2 aliphatic heterocycles. The van der Waals surface area contributed by atoms with Crippen molar-refractivity contribution in [3.63, 3.8) is 0 Å². The Labute approximate surface area is 384 Å².